The van der Waals surface area contributed by atoms with Gasteiger partial charge in [-0.2, -0.15) is 0 Å². The van der Waals surface area contributed by atoms with Crippen molar-refractivity contribution in [2.45, 2.75) is 40.2 Å². The fraction of sp³-hybridized carbons (Fsp3) is 0.833. The van der Waals surface area contributed by atoms with Gasteiger partial charge in [-0.25, -0.2) is 0 Å². The molecule has 0 saturated heterocycles. The molecule has 0 spiro atoms. The highest BCUT2D eigenvalue weighted by Crippen LogP contribution is 1.95. The van der Waals surface area contributed by atoms with E-state index in [4.69, 9.17) is 9.47 Å². The Morgan fingerprint density at radius 3 is 2.24 bits per heavy atom. The summed E-state index contributed by atoms with van der Waals surface area (Å²) >= 11 is 0. The molecule has 17 heavy (non-hydrogen) atoms. The predicted octanol–water partition coefficient (Wildman–Crippen LogP) is 1.12. The number of carbonyl (C=O) groups excluding carboxylic acids is 2. The summed E-state index contributed by atoms with van der Waals surface area (Å²) in [7, 11) is 0. The van der Waals surface area contributed by atoms with E-state index in [1.165, 1.54) is 0 Å². The van der Waals surface area contributed by atoms with E-state index in [1.54, 1.807) is 13.8 Å². The number of esters is 1. The van der Waals surface area contributed by atoms with Crippen LogP contribution in [-0.2, 0) is 19.1 Å². The first-order chi connectivity index (χ1) is 7.93. The summed E-state index contributed by atoms with van der Waals surface area (Å²) in [6, 6.07) is 0.148. The van der Waals surface area contributed by atoms with Crippen molar-refractivity contribution in [3.8, 4) is 0 Å². The Hall–Kier alpha value is -1.10. The molecule has 0 atom stereocenters. The molecule has 100 valence electrons. The molecule has 0 aliphatic rings. The van der Waals surface area contributed by atoms with E-state index in [0.29, 0.717) is 19.6 Å². The van der Waals surface area contributed by atoms with Gasteiger partial charge in [0, 0.05) is 12.5 Å². The van der Waals surface area contributed by atoms with Crippen molar-refractivity contribution < 1.29 is 19.1 Å². The fourth-order valence-corrected chi connectivity index (χ4v) is 1.03. The lowest BCUT2D eigenvalue weighted by molar-refractivity contribution is -0.149. The van der Waals surface area contributed by atoms with Crippen LogP contribution < -0.4 is 5.32 Å². The van der Waals surface area contributed by atoms with Crippen LogP contribution in [0.3, 0.4) is 0 Å². The number of nitrogens with one attached hydrogen (secondary N) is 1. The van der Waals surface area contributed by atoms with E-state index in [-0.39, 0.29) is 30.4 Å². The van der Waals surface area contributed by atoms with Crippen molar-refractivity contribution in [1.82, 2.24) is 5.32 Å². The van der Waals surface area contributed by atoms with Crippen molar-refractivity contribution in [2.24, 2.45) is 5.92 Å². The molecule has 0 aromatic heterocycles. The van der Waals surface area contributed by atoms with Gasteiger partial charge in [-0.05, 0) is 13.8 Å². The molecule has 0 bridgehead atoms. The SMILES string of the molecule is CC(C)NC(=O)CCOCCOC(=O)C(C)C. The molecule has 0 fully saturated rings. The quantitative estimate of drug-likeness (QED) is 0.514. The molecule has 0 aromatic rings. The third-order valence-electron chi connectivity index (χ3n) is 1.87. The third-order valence-corrected chi connectivity index (χ3v) is 1.87. The number of ether oxygens (including phenoxy) is 2. The smallest absolute Gasteiger partial charge is 0.308 e. The minimum Gasteiger partial charge on any atom is -0.463 e. The highest BCUT2D eigenvalue weighted by Gasteiger charge is 2.07. The van der Waals surface area contributed by atoms with Gasteiger partial charge in [0.25, 0.3) is 0 Å². The van der Waals surface area contributed by atoms with Crippen LogP contribution in [0, 0.1) is 5.92 Å². The van der Waals surface area contributed by atoms with Crippen LogP contribution in [0.5, 0.6) is 0 Å². The Kier molecular flexibility index (Phi) is 8.40. The van der Waals surface area contributed by atoms with Gasteiger partial charge in [0.15, 0.2) is 0 Å². The number of hydrogen-bond donors (Lipinski definition) is 1. The van der Waals surface area contributed by atoms with Crippen LogP contribution in [0.4, 0.5) is 0 Å². The van der Waals surface area contributed by atoms with Gasteiger partial charge in [-0.1, -0.05) is 13.8 Å². The lowest BCUT2D eigenvalue weighted by Gasteiger charge is -2.09. The first-order valence-corrected chi connectivity index (χ1v) is 5.97. The highest BCUT2D eigenvalue weighted by atomic mass is 16.6. The Labute approximate surface area is 103 Å². The van der Waals surface area contributed by atoms with E-state index in [9.17, 15) is 9.59 Å². The van der Waals surface area contributed by atoms with Gasteiger partial charge in [-0.15, -0.1) is 0 Å². The summed E-state index contributed by atoms with van der Waals surface area (Å²) in [6.45, 7) is 8.28. The largest absolute Gasteiger partial charge is 0.463 e. The lowest BCUT2D eigenvalue weighted by Crippen LogP contribution is -2.30. The molecule has 0 radical (unpaired) electrons. The summed E-state index contributed by atoms with van der Waals surface area (Å²) in [5, 5.41) is 2.76. The van der Waals surface area contributed by atoms with Crippen molar-refractivity contribution in [2.75, 3.05) is 19.8 Å². The molecule has 0 aliphatic heterocycles. The molecule has 0 heterocycles. The summed E-state index contributed by atoms with van der Waals surface area (Å²) < 4.78 is 10.1. The van der Waals surface area contributed by atoms with Crippen LogP contribution in [0.2, 0.25) is 0 Å². The second kappa shape index (κ2) is 8.98. The van der Waals surface area contributed by atoms with Crippen molar-refractivity contribution >= 4 is 11.9 Å². The molecule has 0 saturated carbocycles. The predicted molar refractivity (Wildman–Crippen MR) is 64.5 cm³/mol. The Balaban J connectivity index is 3.35. The first-order valence-electron chi connectivity index (χ1n) is 5.97. The molecule has 0 rings (SSSR count). The molecule has 5 nitrogen and oxygen atoms in total. The monoisotopic (exact) mass is 245 g/mol. The minimum absolute atomic E-state index is 0.0285. The third kappa shape index (κ3) is 9.81. The lowest BCUT2D eigenvalue weighted by atomic mass is 10.2. The second-order valence-electron chi connectivity index (χ2n) is 4.41. The van der Waals surface area contributed by atoms with Gasteiger partial charge < -0.3 is 14.8 Å². The van der Waals surface area contributed by atoms with E-state index in [0.717, 1.165) is 0 Å². The normalized spacial score (nSPS) is 10.7. The summed E-state index contributed by atoms with van der Waals surface area (Å²) in [5.74, 6) is -0.378. The van der Waals surface area contributed by atoms with Crippen LogP contribution in [-0.4, -0.2) is 37.7 Å². The van der Waals surface area contributed by atoms with Gasteiger partial charge in [0.2, 0.25) is 5.91 Å². The Morgan fingerprint density at radius 2 is 1.71 bits per heavy atom. The maximum absolute atomic E-state index is 11.2. The van der Waals surface area contributed by atoms with Crippen LogP contribution in [0.25, 0.3) is 0 Å². The molecule has 5 heteroatoms. The van der Waals surface area contributed by atoms with Gasteiger partial charge >= 0.3 is 5.97 Å². The van der Waals surface area contributed by atoms with Crippen molar-refractivity contribution in [3.63, 3.8) is 0 Å². The van der Waals surface area contributed by atoms with Gasteiger partial charge in [-0.3, -0.25) is 9.59 Å². The average Bonchev–Trinajstić information content (AvgIpc) is 2.21. The standard InChI is InChI=1S/C12H23NO4/c1-9(2)12(15)17-8-7-16-6-5-11(14)13-10(3)4/h9-10H,5-8H2,1-4H3,(H,13,14). The van der Waals surface area contributed by atoms with Crippen molar-refractivity contribution in [1.29, 1.82) is 0 Å². The van der Waals surface area contributed by atoms with Gasteiger partial charge in [0.05, 0.1) is 19.1 Å². The topological polar surface area (TPSA) is 64.6 Å². The summed E-state index contributed by atoms with van der Waals surface area (Å²) in [6.07, 6.45) is 0.330. The van der Waals surface area contributed by atoms with E-state index >= 15 is 0 Å². The molecule has 1 amide bonds. The van der Waals surface area contributed by atoms with Crippen LogP contribution in [0.1, 0.15) is 34.1 Å². The summed E-state index contributed by atoms with van der Waals surface area (Å²) in [5.41, 5.74) is 0. The van der Waals surface area contributed by atoms with E-state index < -0.39 is 0 Å². The Morgan fingerprint density at radius 1 is 1.06 bits per heavy atom. The second-order valence-corrected chi connectivity index (χ2v) is 4.41. The first kappa shape index (κ1) is 15.9. The number of carbonyl (C=O) groups is 2. The molecule has 1 N–H and O–H groups in total. The highest BCUT2D eigenvalue weighted by molar-refractivity contribution is 5.76. The van der Waals surface area contributed by atoms with Crippen molar-refractivity contribution in [3.05, 3.63) is 0 Å². The molecule has 0 aliphatic carbocycles. The Bertz CT molecular complexity index is 239. The van der Waals surface area contributed by atoms with E-state index in [2.05, 4.69) is 5.32 Å². The molecule has 0 unspecified atom stereocenters. The maximum Gasteiger partial charge on any atom is 0.308 e. The molecular formula is C12H23NO4. The average molecular weight is 245 g/mol. The van der Waals surface area contributed by atoms with Crippen LogP contribution in [0.15, 0.2) is 0 Å². The zero-order chi connectivity index (χ0) is 13.3. The van der Waals surface area contributed by atoms with Crippen LogP contribution >= 0.6 is 0 Å². The molecule has 0 aromatic carbocycles. The van der Waals surface area contributed by atoms with E-state index in [1.807, 2.05) is 13.8 Å². The minimum atomic E-state index is -0.230. The molecular weight excluding hydrogens is 222 g/mol. The maximum atomic E-state index is 11.2. The zero-order valence-electron chi connectivity index (χ0n) is 11.1. The van der Waals surface area contributed by atoms with Gasteiger partial charge in [0.1, 0.15) is 6.61 Å². The number of rotatable bonds is 8. The fourth-order valence-electron chi connectivity index (χ4n) is 1.03. The summed E-state index contributed by atoms with van der Waals surface area (Å²) in [4.78, 5) is 22.3. The number of hydrogen-bond acceptors (Lipinski definition) is 4. The number of amides is 1. The zero-order valence-corrected chi connectivity index (χ0v) is 11.1.